The fourth-order valence-corrected chi connectivity index (χ4v) is 4.95. The first-order chi connectivity index (χ1) is 15.4. The molecule has 3 rings (SSSR count). The van der Waals surface area contributed by atoms with Gasteiger partial charge in [0, 0.05) is 38.0 Å². The number of aryl methyl sites for hydroxylation is 1. The van der Waals surface area contributed by atoms with Crippen LogP contribution in [0.5, 0.6) is 0 Å². The van der Waals surface area contributed by atoms with Gasteiger partial charge in [-0.3, -0.25) is 4.79 Å². The van der Waals surface area contributed by atoms with Crippen molar-refractivity contribution in [3.63, 3.8) is 0 Å². The van der Waals surface area contributed by atoms with Crippen molar-refractivity contribution in [2.45, 2.75) is 58.3 Å². The average molecular weight is 518 g/mol. The predicted octanol–water partition coefficient (Wildman–Crippen LogP) is 3.70. The van der Waals surface area contributed by atoms with Gasteiger partial charge in [-0.15, -0.1) is 0 Å². The lowest BCUT2D eigenvalue weighted by Gasteiger charge is -2.37. The van der Waals surface area contributed by atoms with Crippen molar-refractivity contribution < 1.29 is 19.4 Å². The second-order valence-electron chi connectivity index (χ2n) is 9.02. The lowest BCUT2D eigenvalue weighted by Crippen LogP contribution is -2.55. The maximum Gasteiger partial charge on any atom is 0.347 e. The third-order valence-corrected chi connectivity index (χ3v) is 7.49. The fraction of sp³-hybridized carbons (Fsp3) is 0.571. The van der Waals surface area contributed by atoms with E-state index in [2.05, 4.69) is 20.6 Å². The van der Waals surface area contributed by atoms with Gasteiger partial charge in [-0.2, -0.15) is 0 Å². The van der Waals surface area contributed by atoms with Gasteiger partial charge < -0.3 is 30.4 Å². The van der Waals surface area contributed by atoms with Crippen LogP contribution in [0.3, 0.4) is 0 Å². The minimum Gasteiger partial charge on any atom is -0.477 e. The molecular weight excluding hydrogens is 489 g/mol. The maximum atomic E-state index is 12.8. The normalized spacial score (nSPS) is 19.1. The zero-order valence-electron chi connectivity index (χ0n) is 19.2. The topological polar surface area (TPSA) is 120 Å². The number of aromatic nitrogens is 2. The average Bonchev–Trinajstić information content (AvgIpc) is 3.29. The minimum absolute atomic E-state index is 0.165. The zero-order chi connectivity index (χ0) is 24.5. The van der Waals surface area contributed by atoms with Crippen molar-refractivity contribution in [1.29, 1.82) is 0 Å². The van der Waals surface area contributed by atoms with Crippen LogP contribution in [0.1, 0.15) is 58.7 Å². The van der Waals surface area contributed by atoms with Gasteiger partial charge in [0.1, 0.15) is 10.6 Å². The highest BCUT2D eigenvalue weighted by atomic mass is 35.5. The third-order valence-electron chi connectivity index (χ3n) is 5.40. The Morgan fingerprint density at radius 1 is 1.33 bits per heavy atom. The van der Waals surface area contributed by atoms with E-state index in [-0.39, 0.29) is 39.2 Å². The molecule has 2 aromatic heterocycles. The van der Waals surface area contributed by atoms with Crippen molar-refractivity contribution in [2.75, 3.05) is 25.1 Å². The summed E-state index contributed by atoms with van der Waals surface area (Å²) in [7, 11) is 1.58. The Kier molecular flexibility index (Phi) is 7.95. The number of carbonyl (C=O) groups is 2. The number of anilines is 1. The van der Waals surface area contributed by atoms with Crippen molar-refractivity contribution in [2.24, 2.45) is 0 Å². The van der Waals surface area contributed by atoms with Crippen LogP contribution in [-0.4, -0.2) is 64.8 Å². The second-order valence-corrected chi connectivity index (χ2v) is 10.8. The first-order valence-electron chi connectivity index (χ1n) is 10.5. The van der Waals surface area contributed by atoms with Crippen LogP contribution >= 0.6 is 34.5 Å². The number of aromatic amines is 1. The molecular formula is C21H29Cl2N5O4S. The number of aromatic carboxylic acids is 1. The molecule has 2 aromatic rings. The number of halogens is 2. The van der Waals surface area contributed by atoms with E-state index in [1.807, 2.05) is 25.7 Å². The molecule has 3 heterocycles. The molecule has 12 heteroatoms. The van der Waals surface area contributed by atoms with Gasteiger partial charge in [-0.05, 0) is 34.1 Å². The van der Waals surface area contributed by atoms with Gasteiger partial charge in [-0.1, -0.05) is 34.5 Å². The molecule has 1 saturated heterocycles. The maximum absolute atomic E-state index is 12.8. The molecule has 182 valence electrons. The van der Waals surface area contributed by atoms with Crippen LogP contribution in [-0.2, 0) is 11.3 Å². The van der Waals surface area contributed by atoms with Crippen LogP contribution in [0.4, 0.5) is 5.13 Å². The number of amides is 1. The molecule has 0 radical (unpaired) electrons. The molecule has 2 atom stereocenters. The first kappa shape index (κ1) is 25.8. The Balaban J connectivity index is 1.72. The van der Waals surface area contributed by atoms with Crippen LogP contribution in [0.25, 0.3) is 0 Å². The van der Waals surface area contributed by atoms with Crippen molar-refractivity contribution in [1.82, 2.24) is 20.6 Å². The molecule has 9 nitrogen and oxygen atoms in total. The smallest absolute Gasteiger partial charge is 0.347 e. The van der Waals surface area contributed by atoms with E-state index in [0.29, 0.717) is 47.6 Å². The van der Waals surface area contributed by atoms with Gasteiger partial charge in [0.05, 0.1) is 27.9 Å². The van der Waals surface area contributed by atoms with Crippen LogP contribution in [0.2, 0.25) is 10.0 Å². The van der Waals surface area contributed by atoms with E-state index in [1.165, 1.54) is 0 Å². The van der Waals surface area contributed by atoms with Crippen LogP contribution in [0.15, 0.2) is 0 Å². The van der Waals surface area contributed by atoms with E-state index in [1.54, 1.807) is 14.0 Å². The second kappa shape index (κ2) is 10.2. The molecule has 1 aliphatic heterocycles. The van der Waals surface area contributed by atoms with Crippen molar-refractivity contribution in [3.8, 4) is 0 Å². The highest BCUT2D eigenvalue weighted by molar-refractivity contribution is 7.17. The van der Waals surface area contributed by atoms with Crippen molar-refractivity contribution in [3.05, 3.63) is 32.0 Å². The van der Waals surface area contributed by atoms with E-state index >= 15 is 0 Å². The minimum atomic E-state index is -0.994. The molecule has 1 aliphatic rings. The number of carboxylic acids is 1. The molecule has 1 fully saturated rings. The summed E-state index contributed by atoms with van der Waals surface area (Å²) in [6, 6.07) is -0.252. The summed E-state index contributed by atoms with van der Waals surface area (Å²) in [5.41, 5.74) is 1.19. The molecule has 1 amide bonds. The van der Waals surface area contributed by atoms with Crippen LogP contribution in [0, 0.1) is 6.92 Å². The standard InChI is InChI=1S/C21H29Cl2N5O4S/c1-10-14(22)15(23)16(25-10)18(29)26-11-6-7-28(9-13(11)32-5)20-27-12(8-24-21(2,3)4)17(33-20)19(30)31/h11,13,24-25H,6-9H2,1-5H3,(H,26,29)(H,30,31). The largest absolute Gasteiger partial charge is 0.477 e. The number of carbonyl (C=O) groups excluding carboxylic acids is 1. The Labute approximate surface area is 206 Å². The molecule has 0 aromatic carbocycles. The summed E-state index contributed by atoms with van der Waals surface area (Å²) < 4.78 is 5.65. The molecule has 0 saturated carbocycles. The summed E-state index contributed by atoms with van der Waals surface area (Å²) >= 11 is 13.4. The number of thiazole rings is 1. The summed E-state index contributed by atoms with van der Waals surface area (Å²) in [6.07, 6.45) is 0.272. The summed E-state index contributed by atoms with van der Waals surface area (Å²) in [4.78, 5) is 34.2. The number of carboxylic acid groups (broad SMARTS) is 1. The Morgan fingerprint density at radius 2 is 2.03 bits per heavy atom. The number of nitrogens with zero attached hydrogens (tertiary/aromatic N) is 2. The van der Waals surface area contributed by atoms with Gasteiger partial charge in [0.2, 0.25) is 0 Å². The number of methoxy groups -OCH3 is 1. The number of rotatable bonds is 7. The monoisotopic (exact) mass is 517 g/mol. The van der Waals surface area contributed by atoms with Gasteiger partial charge in [0.25, 0.3) is 5.91 Å². The zero-order valence-corrected chi connectivity index (χ0v) is 21.5. The Morgan fingerprint density at radius 3 is 2.58 bits per heavy atom. The van der Waals surface area contributed by atoms with Gasteiger partial charge >= 0.3 is 5.97 Å². The summed E-state index contributed by atoms with van der Waals surface area (Å²) in [5.74, 6) is -1.35. The third kappa shape index (κ3) is 5.99. The molecule has 33 heavy (non-hydrogen) atoms. The molecule has 0 spiro atoms. The lowest BCUT2D eigenvalue weighted by atomic mass is 10.0. The number of hydrogen-bond donors (Lipinski definition) is 4. The Hall–Kier alpha value is -1.85. The van der Waals surface area contributed by atoms with E-state index in [0.717, 1.165) is 11.3 Å². The van der Waals surface area contributed by atoms with Gasteiger partial charge in [-0.25, -0.2) is 9.78 Å². The van der Waals surface area contributed by atoms with E-state index in [4.69, 9.17) is 27.9 Å². The molecule has 0 bridgehead atoms. The highest BCUT2D eigenvalue weighted by Crippen LogP contribution is 2.31. The molecule has 0 aliphatic carbocycles. The number of ether oxygens (including phenoxy) is 1. The van der Waals surface area contributed by atoms with Crippen molar-refractivity contribution >= 4 is 51.5 Å². The van der Waals surface area contributed by atoms with E-state index < -0.39 is 5.97 Å². The first-order valence-corrected chi connectivity index (χ1v) is 12.1. The summed E-state index contributed by atoms with van der Waals surface area (Å²) in [5, 5.41) is 17.0. The Bertz CT molecular complexity index is 1030. The fourth-order valence-electron chi connectivity index (χ4n) is 3.57. The number of H-pyrrole nitrogens is 1. The molecule has 4 N–H and O–H groups in total. The van der Waals surface area contributed by atoms with Crippen LogP contribution < -0.4 is 15.5 Å². The number of nitrogens with one attached hydrogen (secondary N) is 3. The highest BCUT2D eigenvalue weighted by Gasteiger charge is 2.34. The van der Waals surface area contributed by atoms with Gasteiger partial charge in [0.15, 0.2) is 5.13 Å². The van der Waals surface area contributed by atoms with E-state index in [9.17, 15) is 14.7 Å². The number of hydrogen-bond acceptors (Lipinski definition) is 7. The molecule has 2 unspecified atom stereocenters. The quantitative estimate of drug-likeness (QED) is 0.441. The lowest BCUT2D eigenvalue weighted by molar-refractivity contribution is 0.0540. The SMILES string of the molecule is COC1CN(c2nc(CNC(C)(C)C)c(C(=O)O)s2)CCC1NC(=O)c1[nH]c(C)c(Cl)c1Cl. The predicted molar refractivity (Wildman–Crippen MR) is 130 cm³/mol. The number of piperidine rings is 1. The summed E-state index contributed by atoms with van der Waals surface area (Å²) in [6.45, 7) is 9.18.